The molecule has 5 fully saturated rings. The predicted octanol–water partition coefficient (Wildman–Crippen LogP) is 10.7. The molecule has 0 spiro atoms. The van der Waals surface area contributed by atoms with Gasteiger partial charge in [-0.05, 0) is 180 Å². The molecule has 2 bridgehead atoms. The van der Waals surface area contributed by atoms with Crippen LogP contribution in [0.2, 0.25) is 0 Å². The number of aromatic nitrogens is 9. The van der Waals surface area contributed by atoms with Crippen LogP contribution in [-0.4, -0.2) is 246 Å². The number of nitrogens with one attached hydrogen (secondary N) is 1. The molecule has 14 rings (SSSR count). The van der Waals surface area contributed by atoms with Crippen LogP contribution in [0.4, 0.5) is 28.5 Å². The Labute approximate surface area is 730 Å². The molecule has 9 atom stereocenters. The summed E-state index contributed by atoms with van der Waals surface area (Å²) >= 11 is 0. The third-order valence-corrected chi connectivity index (χ3v) is 25.8. The fraction of sp³-hybridized carbons (Fsp3) is 0.559. The van der Waals surface area contributed by atoms with Crippen LogP contribution in [0.1, 0.15) is 183 Å². The quantitative estimate of drug-likeness (QED) is 0.0253. The molecule has 2 unspecified atom stereocenters. The van der Waals surface area contributed by atoms with E-state index in [-0.39, 0.29) is 85.6 Å². The van der Waals surface area contributed by atoms with Gasteiger partial charge in [-0.1, -0.05) is 75.4 Å². The molecule has 125 heavy (non-hydrogen) atoms. The number of amides is 4. The molecular weight excluding hydrogens is 1590 g/mol. The lowest BCUT2D eigenvalue weighted by Crippen LogP contribution is -2.54. The lowest BCUT2D eigenvalue weighted by molar-refractivity contribution is -0.167. The maximum atomic E-state index is 14.5. The number of carbonyl (C=O) groups is 7. The Balaban J connectivity index is 0.471. The fourth-order valence-corrected chi connectivity index (χ4v) is 18.4. The Kier molecular flexibility index (Phi) is 31.0. The number of hydrogen-bond acceptors (Lipinski definition) is 27. The number of piperidine rings is 1. The highest BCUT2D eigenvalue weighted by Gasteiger charge is 2.42. The van der Waals surface area contributed by atoms with E-state index in [9.17, 15) is 38.7 Å². The highest BCUT2D eigenvalue weighted by atomic mass is 16.6. The largest absolute Gasteiger partial charge is 0.461 e. The number of carbonyl (C=O) groups excluding carboxylic acids is 7. The predicted molar refractivity (Wildman–Crippen MR) is 471 cm³/mol. The molecule has 5 aromatic heterocycles. The topological polar surface area (TPSA) is 391 Å². The van der Waals surface area contributed by atoms with Crippen LogP contribution in [0, 0.1) is 23.7 Å². The number of cyclic esters (lactones) is 1. The van der Waals surface area contributed by atoms with Gasteiger partial charge in [-0.25, -0.2) is 44.2 Å². The van der Waals surface area contributed by atoms with Crippen LogP contribution >= 0.6 is 0 Å². The third kappa shape index (κ3) is 23.8. The van der Waals surface area contributed by atoms with Crippen molar-refractivity contribution in [3.8, 4) is 11.3 Å². The highest BCUT2D eigenvalue weighted by Crippen LogP contribution is 2.37. The van der Waals surface area contributed by atoms with Gasteiger partial charge in [0.25, 0.3) is 17.8 Å². The summed E-state index contributed by atoms with van der Waals surface area (Å²) in [6.07, 6.45) is 27.5. The van der Waals surface area contributed by atoms with E-state index in [1.807, 2.05) is 82.7 Å². The average molecular weight is 1720 g/mol. The Morgan fingerprint density at radius 3 is 2.23 bits per heavy atom. The van der Waals surface area contributed by atoms with E-state index < -0.39 is 48.1 Å². The number of ketones is 2. The molecule has 0 radical (unpaired) electrons. The van der Waals surface area contributed by atoms with Gasteiger partial charge < -0.3 is 74.5 Å². The zero-order chi connectivity index (χ0) is 87.6. The number of nitrogens with zero attached hydrogens (tertiary/aromatic N) is 15. The van der Waals surface area contributed by atoms with E-state index in [4.69, 9.17) is 44.7 Å². The van der Waals surface area contributed by atoms with Gasteiger partial charge in [-0.2, -0.15) is 10.1 Å². The smallest absolute Gasteiger partial charge is 0.407 e. The van der Waals surface area contributed by atoms with Crippen LogP contribution in [0.15, 0.2) is 120 Å². The Bertz CT molecular complexity index is 5030. The molecule has 4 saturated heterocycles. The second-order valence-electron chi connectivity index (χ2n) is 35.0. The van der Waals surface area contributed by atoms with Crippen molar-refractivity contribution in [3.63, 3.8) is 0 Å². The van der Waals surface area contributed by atoms with Gasteiger partial charge in [0.2, 0.25) is 23.6 Å². The van der Waals surface area contributed by atoms with Gasteiger partial charge in [0.1, 0.15) is 53.5 Å². The van der Waals surface area contributed by atoms with Crippen molar-refractivity contribution in [1.29, 1.82) is 0 Å². The van der Waals surface area contributed by atoms with Crippen molar-refractivity contribution >= 4 is 87.2 Å². The number of nitrogens with two attached hydrogens (primary N) is 2. The number of aliphatic hydroxyl groups excluding tert-OH is 1. The summed E-state index contributed by atoms with van der Waals surface area (Å²) in [5, 5.41) is 19.8. The van der Waals surface area contributed by atoms with Crippen molar-refractivity contribution in [1.82, 2.24) is 69.6 Å². The summed E-state index contributed by atoms with van der Waals surface area (Å²) in [7, 11) is 1.65. The molecule has 6 N–H and O–H groups in total. The van der Waals surface area contributed by atoms with Crippen molar-refractivity contribution in [2.24, 2.45) is 23.7 Å². The Morgan fingerprint density at radius 2 is 1.46 bits per heavy atom. The van der Waals surface area contributed by atoms with Gasteiger partial charge in [0.05, 0.1) is 55.4 Å². The first kappa shape index (κ1) is 90.3. The lowest BCUT2D eigenvalue weighted by Gasteiger charge is -2.36. The number of benzene rings is 2. The number of alkyl carbamates (subject to hydrolysis) is 1. The summed E-state index contributed by atoms with van der Waals surface area (Å²) in [4.78, 5) is 140. The second-order valence-corrected chi connectivity index (χ2v) is 35.0. The number of nitrogen functional groups attached to an aromatic ring is 2. The lowest BCUT2D eigenvalue weighted by atomic mass is 9.83. The van der Waals surface area contributed by atoms with Crippen LogP contribution in [0.5, 0.6) is 0 Å². The molecule has 7 aliphatic rings. The first-order valence-electron chi connectivity index (χ1n) is 44.9. The Morgan fingerprint density at radius 1 is 0.704 bits per heavy atom. The second kappa shape index (κ2) is 42.8. The summed E-state index contributed by atoms with van der Waals surface area (Å²) in [6, 6.07) is 11.0. The molecular formula is C93H122N18O14. The highest BCUT2D eigenvalue weighted by molar-refractivity contribution is 6.38. The zero-order valence-corrected chi connectivity index (χ0v) is 73.0. The first-order chi connectivity index (χ1) is 60.5. The first-order valence-corrected chi connectivity index (χ1v) is 44.9. The third-order valence-electron chi connectivity index (χ3n) is 25.8. The average Bonchev–Trinajstić information content (AvgIpc) is 1.65. The van der Waals surface area contributed by atoms with Gasteiger partial charge in [0, 0.05) is 147 Å². The van der Waals surface area contributed by atoms with Gasteiger partial charge >= 0.3 is 12.1 Å². The normalized spacial score (nSPS) is 26.1. The maximum Gasteiger partial charge on any atom is 0.407 e. The minimum Gasteiger partial charge on any atom is -0.461 e. The minimum atomic E-state index is -0.929. The number of anilines is 4. The van der Waals surface area contributed by atoms with Gasteiger partial charge in [0.15, 0.2) is 11.2 Å². The molecule has 7 aromatic rings. The van der Waals surface area contributed by atoms with Crippen LogP contribution in [0.3, 0.4) is 0 Å². The van der Waals surface area contributed by atoms with E-state index in [0.29, 0.717) is 211 Å². The minimum absolute atomic E-state index is 0.00766. The van der Waals surface area contributed by atoms with Gasteiger partial charge in [-0.3, -0.25) is 28.9 Å². The maximum absolute atomic E-state index is 14.5. The molecule has 668 valence electrons. The summed E-state index contributed by atoms with van der Waals surface area (Å²) in [5.41, 5.74) is 21.5. The van der Waals surface area contributed by atoms with E-state index >= 15 is 0 Å². The van der Waals surface area contributed by atoms with E-state index in [2.05, 4.69) is 88.1 Å². The summed E-state index contributed by atoms with van der Waals surface area (Å²) in [5.74, 6) is -0.326. The van der Waals surface area contributed by atoms with E-state index in [0.717, 1.165) is 80.7 Å². The molecule has 4 amide bonds. The van der Waals surface area contributed by atoms with Crippen molar-refractivity contribution in [2.75, 3.05) is 114 Å². The molecule has 32 heteroatoms. The molecule has 11 heterocycles. The van der Waals surface area contributed by atoms with Crippen molar-refractivity contribution in [3.05, 3.63) is 143 Å². The molecule has 6 aliphatic heterocycles. The van der Waals surface area contributed by atoms with Crippen molar-refractivity contribution < 1.29 is 66.8 Å². The fourth-order valence-electron chi connectivity index (χ4n) is 18.4. The molecule has 32 nitrogen and oxygen atoms in total. The standard InChI is InChI=1S/C93H122N18O14/c1-59-13-8-7-9-14-61(3)80(120-6)49-73-15-12-17-79(122-73)84(115)88(117)110-32-11-10-16-75(110)89(118)123-71(25-18-60(2)46-63(5)77(113)50-76(112)62(4)45-59)26-20-64-21-27-72(28-22-64)124-93(119)100-53-66-51-96-91(97-52-66)108-40-38-106(39-41-108)81(114)31-43-121-44-42-105-34-36-107(37-35-105)92-98-54-70(55-99-92)87(116)109-33-30-67-47-65(19-23-69(67)57-109)56-111-86-82(85(94)101-58-102-86)83(104-111)68-24-29-78-74(48-68)103-90(95)125-78/h7-9,13-14,19,23-24,29,46-48,51-52,54-55,58-60,62,64,71-73,75,77,79-80,113H,10-12,15-18,20-22,25-28,30-45,49-50,53,56-57H2,1-6H3,(H2,95,103)(H,100,119)(H2,94,101,102)/b9-7+,13-8+,61-14+,63-46+/t59-,60+,62-,64-,71+,72-,73?,75+,77+,79?,80+/m1/s1. The van der Waals surface area contributed by atoms with Crippen LogP contribution in [-0.2, 0) is 73.7 Å². The number of hydrogen-bond donors (Lipinski definition) is 4. The van der Waals surface area contributed by atoms with Gasteiger partial charge in [-0.15, -0.1) is 0 Å². The number of aliphatic hydroxyl groups is 1. The number of ether oxygens (including phenoxy) is 5. The number of oxazole rings is 1. The monoisotopic (exact) mass is 1710 g/mol. The van der Waals surface area contributed by atoms with Crippen molar-refractivity contribution in [2.45, 2.75) is 219 Å². The number of esters is 1. The summed E-state index contributed by atoms with van der Waals surface area (Å²) < 4.78 is 38.0. The Hall–Kier alpha value is -10.9. The number of methoxy groups -OCH3 is 1. The number of piperazine rings is 2. The number of Topliss-reactive ketones (excluding diaryl/α,β-unsaturated/α-hetero) is 2. The van der Waals surface area contributed by atoms with E-state index in [1.54, 1.807) is 38.0 Å². The number of rotatable bonds is 19. The molecule has 1 saturated carbocycles. The SMILES string of the molecule is CO[C@H]1CC2CCCC(O2)C(=O)C(=O)N2CCCC[C@H]2C(=O)O[C@H](CC[C@H]2CC[C@H](OC(=O)NCc3cnc(N4CCN(C(=O)CCOCCN5CCN(c6ncc(C(=O)N7CCc8cc(Cn9nc(-c%10ccc%11oc(N)nc%11c%10)c%10c(N)ncnc%109)ccc8C7)cn6)CC5)CC4)nc3)CC2)CC[C@H](C)/C=C(\C)[C@@H](O)CC(=O)[C@H](C)C[C@H](C)/C=C/C=C/C=C/1C. The molecule has 1 aliphatic carbocycles. The molecule has 2 aromatic carbocycles. The zero-order valence-electron chi connectivity index (χ0n) is 73.0. The van der Waals surface area contributed by atoms with E-state index in [1.165, 1.54) is 16.8 Å². The number of allylic oxidation sites excluding steroid dienone is 6. The number of fused-ring (bicyclic) bond motifs is 6. The summed E-state index contributed by atoms with van der Waals surface area (Å²) in [6.45, 7) is 18.6. The van der Waals surface area contributed by atoms with Crippen LogP contribution < -0.4 is 26.6 Å². The van der Waals surface area contributed by atoms with Crippen LogP contribution in [0.25, 0.3) is 33.4 Å².